The number of aryl methyl sites for hydroxylation is 1. The monoisotopic (exact) mass is 301 g/mol. The number of thiophene rings is 1. The summed E-state index contributed by atoms with van der Waals surface area (Å²) in [6.07, 6.45) is 0.765. The van der Waals surface area contributed by atoms with E-state index in [1.807, 2.05) is 25.4 Å². The molecule has 0 fully saturated rings. The van der Waals surface area contributed by atoms with Crippen molar-refractivity contribution in [2.75, 3.05) is 5.73 Å². The summed E-state index contributed by atoms with van der Waals surface area (Å²) in [6, 6.07) is 5.53. The van der Waals surface area contributed by atoms with Crippen molar-refractivity contribution < 1.29 is 0 Å². The van der Waals surface area contributed by atoms with Gasteiger partial charge < -0.3 is 5.73 Å². The van der Waals surface area contributed by atoms with Crippen LogP contribution in [0.25, 0.3) is 11.4 Å². The van der Waals surface area contributed by atoms with Crippen molar-refractivity contribution in [1.82, 2.24) is 19.7 Å². The number of hydrogen-bond donors (Lipinski definition) is 2. The maximum Gasteiger partial charge on any atom is 0.252 e. The number of nitrogens with one attached hydrogen (secondary N) is 1. The molecule has 0 spiro atoms. The van der Waals surface area contributed by atoms with Gasteiger partial charge in [-0.25, -0.2) is 4.98 Å². The lowest BCUT2D eigenvalue weighted by Crippen LogP contribution is -2.10. The molecular weight excluding hydrogens is 286 g/mol. The molecule has 0 atom stereocenters. The summed E-state index contributed by atoms with van der Waals surface area (Å²) in [4.78, 5) is 19.5. The zero-order valence-corrected chi connectivity index (χ0v) is 12.6. The van der Waals surface area contributed by atoms with E-state index in [1.165, 1.54) is 10.9 Å². The maximum atomic E-state index is 11.6. The first kappa shape index (κ1) is 13.6. The molecule has 0 aromatic carbocycles. The van der Waals surface area contributed by atoms with Crippen LogP contribution in [0.15, 0.2) is 28.4 Å². The van der Waals surface area contributed by atoms with Crippen molar-refractivity contribution >= 4 is 17.3 Å². The van der Waals surface area contributed by atoms with Gasteiger partial charge in [-0.05, 0) is 18.4 Å². The quantitative estimate of drug-likeness (QED) is 0.770. The van der Waals surface area contributed by atoms with Gasteiger partial charge in [0.25, 0.3) is 5.56 Å². The third-order valence-electron chi connectivity index (χ3n) is 3.39. The predicted molar refractivity (Wildman–Crippen MR) is 83.3 cm³/mol. The molecule has 0 amide bonds. The molecular formula is C14H15N5OS. The highest BCUT2D eigenvalue weighted by Crippen LogP contribution is 2.26. The largest absolute Gasteiger partial charge is 0.369 e. The molecule has 0 aliphatic carbocycles. The van der Waals surface area contributed by atoms with Crippen LogP contribution in [0.3, 0.4) is 0 Å². The van der Waals surface area contributed by atoms with E-state index in [1.54, 1.807) is 16.0 Å². The smallest absolute Gasteiger partial charge is 0.252 e. The SMILES string of the molecule is Cc1c(Cc2cccs2)c(-c2cc(=O)[nH]c(N)n2)nn1C. The lowest BCUT2D eigenvalue weighted by molar-refractivity contribution is 0.740. The normalized spacial score (nSPS) is 11.0. The number of aromatic amines is 1. The molecule has 0 unspecified atom stereocenters. The van der Waals surface area contributed by atoms with Crippen LogP contribution in [-0.2, 0) is 13.5 Å². The molecule has 3 N–H and O–H groups in total. The first-order valence-corrected chi connectivity index (χ1v) is 7.34. The summed E-state index contributed by atoms with van der Waals surface area (Å²) in [5, 5.41) is 6.54. The molecule has 0 saturated heterocycles. The number of nitrogens with zero attached hydrogens (tertiary/aromatic N) is 3. The summed E-state index contributed by atoms with van der Waals surface area (Å²) in [6.45, 7) is 2.01. The molecule has 3 aromatic rings. The molecule has 0 aliphatic heterocycles. The highest BCUT2D eigenvalue weighted by Gasteiger charge is 2.17. The summed E-state index contributed by atoms with van der Waals surface area (Å²) >= 11 is 1.70. The molecule has 21 heavy (non-hydrogen) atoms. The third kappa shape index (κ3) is 2.59. The number of aromatic nitrogens is 4. The van der Waals surface area contributed by atoms with E-state index in [-0.39, 0.29) is 11.5 Å². The number of hydrogen-bond acceptors (Lipinski definition) is 5. The summed E-state index contributed by atoms with van der Waals surface area (Å²) in [5.41, 5.74) is 8.69. The standard InChI is InChI=1S/C14H15N5OS/c1-8-10(6-9-4-3-5-21-9)13(18-19(8)2)11-7-12(20)17-14(15)16-11/h3-5,7H,6H2,1-2H3,(H3,15,16,17,20). The van der Waals surface area contributed by atoms with Crippen LogP contribution in [0.5, 0.6) is 0 Å². The Morgan fingerprint density at radius 1 is 1.48 bits per heavy atom. The second kappa shape index (κ2) is 5.17. The highest BCUT2D eigenvalue weighted by atomic mass is 32.1. The average Bonchev–Trinajstić information content (AvgIpc) is 3.01. The van der Waals surface area contributed by atoms with E-state index in [0.29, 0.717) is 11.4 Å². The van der Waals surface area contributed by atoms with Crippen LogP contribution in [0, 0.1) is 6.92 Å². The molecule has 0 aliphatic rings. The Morgan fingerprint density at radius 2 is 2.29 bits per heavy atom. The fourth-order valence-electron chi connectivity index (χ4n) is 2.25. The van der Waals surface area contributed by atoms with Crippen molar-refractivity contribution in [3.05, 3.63) is 50.1 Å². The molecule has 3 aromatic heterocycles. The number of anilines is 1. The summed E-state index contributed by atoms with van der Waals surface area (Å²) in [7, 11) is 1.88. The van der Waals surface area contributed by atoms with E-state index >= 15 is 0 Å². The van der Waals surface area contributed by atoms with E-state index in [4.69, 9.17) is 5.73 Å². The first-order valence-electron chi connectivity index (χ1n) is 6.46. The minimum atomic E-state index is -0.275. The van der Waals surface area contributed by atoms with Gasteiger partial charge in [0.05, 0.1) is 0 Å². The Labute approximate surface area is 125 Å². The van der Waals surface area contributed by atoms with Crippen LogP contribution in [0.2, 0.25) is 0 Å². The molecule has 3 heterocycles. The number of nitrogens with two attached hydrogens (primary N) is 1. The second-order valence-electron chi connectivity index (χ2n) is 4.81. The van der Waals surface area contributed by atoms with Crippen molar-refractivity contribution in [2.45, 2.75) is 13.3 Å². The van der Waals surface area contributed by atoms with Gasteiger partial charge >= 0.3 is 0 Å². The molecule has 0 saturated carbocycles. The van der Waals surface area contributed by atoms with Gasteiger partial charge in [-0.3, -0.25) is 14.5 Å². The van der Waals surface area contributed by atoms with Crippen molar-refractivity contribution in [3.8, 4) is 11.4 Å². The molecule has 3 rings (SSSR count). The van der Waals surface area contributed by atoms with Gasteiger partial charge in [-0.15, -0.1) is 11.3 Å². The third-order valence-corrected chi connectivity index (χ3v) is 4.27. The minimum Gasteiger partial charge on any atom is -0.369 e. The summed E-state index contributed by atoms with van der Waals surface area (Å²) < 4.78 is 1.80. The van der Waals surface area contributed by atoms with Crippen LogP contribution >= 0.6 is 11.3 Å². The van der Waals surface area contributed by atoms with Crippen LogP contribution < -0.4 is 11.3 Å². The molecule has 108 valence electrons. The summed E-state index contributed by atoms with van der Waals surface area (Å²) in [5.74, 6) is 0.0999. The number of H-pyrrole nitrogens is 1. The number of nitrogen functional groups attached to an aromatic ring is 1. The minimum absolute atomic E-state index is 0.0999. The Kier molecular flexibility index (Phi) is 3.34. The Hall–Kier alpha value is -2.41. The number of rotatable bonds is 3. The zero-order chi connectivity index (χ0) is 15.0. The molecule has 0 radical (unpaired) electrons. The van der Waals surface area contributed by atoms with Crippen molar-refractivity contribution in [1.29, 1.82) is 0 Å². The van der Waals surface area contributed by atoms with E-state index in [0.717, 1.165) is 17.7 Å². The van der Waals surface area contributed by atoms with E-state index in [2.05, 4.69) is 21.1 Å². The second-order valence-corrected chi connectivity index (χ2v) is 5.84. The Bertz CT molecular complexity index is 832. The highest BCUT2D eigenvalue weighted by molar-refractivity contribution is 7.09. The molecule has 6 nitrogen and oxygen atoms in total. The van der Waals surface area contributed by atoms with Gasteiger partial charge in [0, 0.05) is 35.7 Å². The lowest BCUT2D eigenvalue weighted by atomic mass is 10.1. The van der Waals surface area contributed by atoms with Gasteiger partial charge in [0.1, 0.15) is 11.4 Å². The topological polar surface area (TPSA) is 89.6 Å². The van der Waals surface area contributed by atoms with Gasteiger partial charge in [0.15, 0.2) is 0 Å². The fraction of sp³-hybridized carbons (Fsp3) is 0.214. The predicted octanol–water partition coefficient (Wildman–Crippen LogP) is 1.71. The zero-order valence-electron chi connectivity index (χ0n) is 11.8. The molecule has 0 bridgehead atoms. The van der Waals surface area contributed by atoms with Crippen LogP contribution in [0.4, 0.5) is 5.95 Å². The first-order chi connectivity index (χ1) is 10.0. The van der Waals surface area contributed by atoms with Gasteiger partial charge in [0.2, 0.25) is 5.95 Å². The van der Waals surface area contributed by atoms with Crippen molar-refractivity contribution in [3.63, 3.8) is 0 Å². The van der Waals surface area contributed by atoms with E-state index < -0.39 is 0 Å². The van der Waals surface area contributed by atoms with Crippen LogP contribution in [-0.4, -0.2) is 19.7 Å². The Morgan fingerprint density at radius 3 is 2.95 bits per heavy atom. The molecule has 7 heteroatoms. The van der Waals surface area contributed by atoms with Crippen LogP contribution in [0.1, 0.15) is 16.1 Å². The average molecular weight is 301 g/mol. The van der Waals surface area contributed by atoms with Gasteiger partial charge in [-0.1, -0.05) is 6.07 Å². The Balaban J connectivity index is 2.14. The fourth-order valence-corrected chi connectivity index (χ4v) is 2.97. The van der Waals surface area contributed by atoms with Crippen molar-refractivity contribution in [2.24, 2.45) is 7.05 Å². The lowest BCUT2D eigenvalue weighted by Gasteiger charge is -2.03. The maximum absolute atomic E-state index is 11.6. The van der Waals surface area contributed by atoms with E-state index in [9.17, 15) is 4.79 Å². The van der Waals surface area contributed by atoms with Gasteiger partial charge in [-0.2, -0.15) is 5.10 Å².